The number of nitrogens with zero attached hydrogens (tertiary/aromatic N) is 1. The molecule has 0 atom stereocenters. The zero-order valence-electron chi connectivity index (χ0n) is 16.3. The molecule has 0 saturated heterocycles. The maximum Gasteiger partial charge on any atom is 0.243 e. The van der Waals surface area contributed by atoms with E-state index in [4.69, 9.17) is 13.9 Å². The van der Waals surface area contributed by atoms with Gasteiger partial charge in [-0.05, 0) is 43.3 Å². The third kappa shape index (κ3) is 4.85. The summed E-state index contributed by atoms with van der Waals surface area (Å²) in [6.07, 6.45) is 1.63. The summed E-state index contributed by atoms with van der Waals surface area (Å²) < 4.78 is 16.0. The standard InChI is InChI=1S/C22H24N2O4/c1-16-6-9-18(10-7-16)24(14-19-5-4-12-28-19)15-22(25)23-17-8-11-20(26-2)21(13-17)27-3/h4-13H,14-15H2,1-3H3,(H,23,25). The number of hydrogen-bond acceptors (Lipinski definition) is 5. The average Bonchev–Trinajstić information content (AvgIpc) is 3.21. The summed E-state index contributed by atoms with van der Waals surface area (Å²) >= 11 is 0. The van der Waals surface area contributed by atoms with E-state index in [1.54, 1.807) is 38.7 Å². The summed E-state index contributed by atoms with van der Waals surface area (Å²) in [5.41, 5.74) is 2.76. The van der Waals surface area contributed by atoms with Crippen LogP contribution in [0.4, 0.5) is 11.4 Å². The highest BCUT2D eigenvalue weighted by atomic mass is 16.5. The summed E-state index contributed by atoms with van der Waals surface area (Å²) in [5.74, 6) is 1.82. The molecule has 1 N–H and O–H groups in total. The van der Waals surface area contributed by atoms with E-state index in [-0.39, 0.29) is 12.5 Å². The predicted molar refractivity (Wildman–Crippen MR) is 109 cm³/mol. The number of carbonyl (C=O) groups is 1. The van der Waals surface area contributed by atoms with Crippen LogP contribution < -0.4 is 19.7 Å². The molecule has 0 aliphatic rings. The van der Waals surface area contributed by atoms with Crippen molar-refractivity contribution in [2.45, 2.75) is 13.5 Å². The first-order valence-corrected chi connectivity index (χ1v) is 8.95. The van der Waals surface area contributed by atoms with Crippen LogP contribution in [0.1, 0.15) is 11.3 Å². The van der Waals surface area contributed by atoms with Crippen LogP contribution in [0.3, 0.4) is 0 Å². The van der Waals surface area contributed by atoms with Crippen LogP contribution in [-0.4, -0.2) is 26.7 Å². The second-order valence-corrected chi connectivity index (χ2v) is 6.39. The molecule has 0 spiro atoms. The minimum absolute atomic E-state index is 0.139. The van der Waals surface area contributed by atoms with E-state index < -0.39 is 0 Å². The van der Waals surface area contributed by atoms with E-state index in [9.17, 15) is 4.79 Å². The number of benzene rings is 2. The van der Waals surface area contributed by atoms with Crippen LogP contribution >= 0.6 is 0 Å². The highest BCUT2D eigenvalue weighted by Gasteiger charge is 2.15. The van der Waals surface area contributed by atoms with Crippen LogP contribution in [-0.2, 0) is 11.3 Å². The molecule has 0 aliphatic carbocycles. The molecule has 6 nitrogen and oxygen atoms in total. The van der Waals surface area contributed by atoms with Crippen molar-refractivity contribution in [1.82, 2.24) is 0 Å². The first-order valence-electron chi connectivity index (χ1n) is 8.95. The SMILES string of the molecule is COc1ccc(NC(=O)CN(Cc2ccco2)c2ccc(C)cc2)cc1OC. The molecule has 1 aromatic heterocycles. The van der Waals surface area contributed by atoms with Gasteiger partial charge in [-0.1, -0.05) is 17.7 Å². The molecule has 146 valence electrons. The van der Waals surface area contributed by atoms with Crippen molar-refractivity contribution in [3.05, 3.63) is 72.2 Å². The summed E-state index contributed by atoms with van der Waals surface area (Å²) in [6.45, 7) is 2.71. The highest BCUT2D eigenvalue weighted by Crippen LogP contribution is 2.29. The van der Waals surface area contributed by atoms with Gasteiger partial charge in [-0.3, -0.25) is 4.79 Å². The first-order chi connectivity index (χ1) is 13.6. The molecule has 3 rings (SSSR count). The minimum Gasteiger partial charge on any atom is -0.493 e. The quantitative estimate of drug-likeness (QED) is 0.633. The Bertz CT molecular complexity index is 905. The molecule has 0 bridgehead atoms. The third-order valence-electron chi connectivity index (χ3n) is 4.33. The normalized spacial score (nSPS) is 10.4. The number of amides is 1. The molecule has 0 fully saturated rings. The first kappa shape index (κ1) is 19.4. The van der Waals surface area contributed by atoms with E-state index in [1.165, 1.54) is 0 Å². The van der Waals surface area contributed by atoms with E-state index >= 15 is 0 Å². The Kier molecular flexibility index (Phi) is 6.22. The third-order valence-corrected chi connectivity index (χ3v) is 4.33. The van der Waals surface area contributed by atoms with Crippen LogP contribution in [0.5, 0.6) is 11.5 Å². The number of methoxy groups -OCH3 is 2. The molecule has 0 saturated carbocycles. The van der Waals surface area contributed by atoms with Crippen molar-refractivity contribution in [2.24, 2.45) is 0 Å². The number of rotatable bonds is 8. The van der Waals surface area contributed by atoms with Gasteiger partial charge >= 0.3 is 0 Å². The van der Waals surface area contributed by atoms with Gasteiger partial charge in [0.2, 0.25) is 5.91 Å². The molecule has 0 radical (unpaired) electrons. The Morgan fingerprint density at radius 3 is 2.43 bits per heavy atom. The number of carbonyl (C=O) groups excluding carboxylic acids is 1. The number of hydrogen-bond donors (Lipinski definition) is 1. The summed E-state index contributed by atoms with van der Waals surface area (Å²) in [5, 5.41) is 2.91. The van der Waals surface area contributed by atoms with Crippen molar-refractivity contribution in [2.75, 3.05) is 31.0 Å². The van der Waals surface area contributed by atoms with Crippen LogP contribution in [0.25, 0.3) is 0 Å². The van der Waals surface area contributed by atoms with Crippen molar-refractivity contribution in [3.8, 4) is 11.5 Å². The molecule has 1 amide bonds. The summed E-state index contributed by atoms with van der Waals surface area (Å²) in [6, 6.07) is 17.1. The van der Waals surface area contributed by atoms with Gasteiger partial charge in [0.25, 0.3) is 0 Å². The average molecular weight is 380 g/mol. The molecule has 2 aromatic carbocycles. The molecule has 1 heterocycles. The van der Waals surface area contributed by atoms with Crippen molar-refractivity contribution in [1.29, 1.82) is 0 Å². The Labute approximate surface area is 164 Å². The summed E-state index contributed by atoms with van der Waals surface area (Å²) in [7, 11) is 3.14. The topological polar surface area (TPSA) is 63.9 Å². The van der Waals surface area contributed by atoms with Crippen LogP contribution in [0.15, 0.2) is 65.3 Å². The monoisotopic (exact) mass is 380 g/mol. The maximum absolute atomic E-state index is 12.7. The van der Waals surface area contributed by atoms with E-state index in [0.717, 1.165) is 17.0 Å². The Morgan fingerprint density at radius 1 is 1.04 bits per heavy atom. The van der Waals surface area contributed by atoms with Crippen LogP contribution in [0.2, 0.25) is 0 Å². The fourth-order valence-electron chi connectivity index (χ4n) is 2.87. The van der Waals surface area contributed by atoms with Gasteiger partial charge in [-0.25, -0.2) is 0 Å². The van der Waals surface area contributed by atoms with Gasteiger partial charge in [0, 0.05) is 17.4 Å². The summed E-state index contributed by atoms with van der Waals surface area (Å²) in [4.78, 5) is 14.7. The molecular formula is C22H24N2O4. The molecule has 0 unspecified atom stereocenters. The molecular weight excluding hydrogens is 356 g/mol. The van der Waals surface area contributed by atoms with Gasteiger partial charge in [0.15, 0.2) is 11.5 Å². The van der Waals surface area contributed by atoms with E-state index in [2.05, 4.69) is 5.32 Å². The van der Waals surface area contributed by atoms with E-state index in [1.807, 2.05) is 48.2 Å². The Morgan fingerprint density at radius 2 is 1.79 bits per heavy atom. The van der Waals surface area contributed by atoms with E-state index in [0.29, 0.717) is 23.7 Å². The van der Waals surface area contributed by atoms with Crippen molar-refractivity contribution < 1.29 is 18.7 Å². The number of aryl methyl sites for hydroxylation is 1. The maximum atomic E-state index is 12.7. The lowest BCUT2D eigenvalue weighted by Gasteiger charge is -2.23. The zero-order chi connectivity index (χ0) is 19.9. The number of nitrogens with one attached hydrogen (secondary N) is 1. The minimum atomic E-state index is -0.139. The molecule has 0 aliphatic heterocycles. The van der Waals surface area contributed by atoms with Gasteiger partial charge in [0.1, 0.15) is 5.76 Å². The lowest BCUT2D eigenvalue weighted by Crippen LogP contribution is -2.32. The fourth-order valence-corrected chi connectivity index (χ4v) is 2.87. The van der Waals surface area contributed by atoms with Crippen molar-refractivity contribution in [3.63, 3.8) is 0 Å². The van der Waals surface area contributed by atoms with Gasteiger partial charge in [-0.2, -0.15) is 0 Å². The second kappa shape index (κ2) is 8.99. The fraction of sp³-hybridized carbons (Fsp3) is 0.227. The smallest absolute Gasteiger partial charge is 0.243 e. The van der Waals surface area contributed by atoms with Gasteiger partial charge in [0.05, 0.1) is 33.6 Å². The molecule has 28 heavy (non-hydrogen) atoms. The van der Waals surface area contributed by atoms with Gasteiger partial charge in [-0.15, -0.1) is 0 Å². The predicted octanol–water partition coefficient (Wildman–Crippen LogP) is 4.25. The lowest BCUT2D eigenvalue weighted by molar-refractivity contribution is -0.115. The number of anilines is 2. The highest BCUT2D eigenvalue weighted by molar-refractivity contribution is 5.94. The second-order valence-electron chi connectivity index (χ2n) is 6.39. The molecule has 3 aromatic rings. The number of ether oxygens (including phenoxy) is 2. The van der Waals surface area contributed by atoms with Crippen molar-refractivity contribution >= 4 is 17.3 Å². The van der Waals surface area contributed by atoms with Gasteiger partial charge < -0.3 is 24.1 Å². The lowest BCUT2D eigenvalue weighted by atomic mass is 10.2. The zero-order valence-corrected chi connectivity index (χ0v) is 16.3. The Balaban J connectivity index is 1.74. The number of furan rings is 1. The Hall–Kier alpha value is -3.41. The van der Waals surface area contributed by atoms with Crippen LogP contribution in [0, 0.1) is 6.92 Å². The molecule has 6 heteroatoms. The largest absolute Gasteiger partial charge is 0.493 e.